The molecule has 0 saturated carbocycles. The lowest BCUT2D eigenvalue weighted by molar-refractivity contribution is 0.0638. The van der Waals surface area contributed by atoms with Gasteiger partial charge >= 0.3 is 0 Å². The van der Waals surface area contributed by atoms with Gasteiger partial charge in [0.2, 0.25) is 0 Å². The molecule has 5 nitrogen and oxygen atoms in total. The van der Waals surface area contributed by atoms with Crippen LogP contribution in [0, 0.1) is 6.92 Å². The van der Waals surface area contributed by atoms with Crippen LogP contribution in [-0.4, -0.2) is 55.9 Å². The Morgan fingerprint density at radius 2 is 1.81 bits per heavy atom. The number of ether oxygens (including phenoxy) is 2. The highest BCUT2D eigenvalue weighted by Crippen LogP contribution is 2.21. The fourth-order valence-electron chi connectivity index (χ4n) is 2.37. The van der Waals surface area contributed by atoms with Crippen molar-refractivity contribution in [3.63, 3.8) is 0 Å². The van der Waals surface area contributed by atoms with Gasteiger partial charge in [-0.3, -0.25) is 9.88 Å². The molecule has 0 aliphatic rings. The Hall–Kier alpha value is -1.01. The van der Waals surface area contributed by atoms with Gasteiger partial charge in [-0.05, 0) is 38.0 Å². The minimum atomic E-state index is 0.152. The number of nitrogens with two attached hydrogens (primary N) is 1. The van der Waals surface area contributed by atoms with Crippen LogP contribution >= 0.6 is 0 Å². The van der Waals surface area contributed by atoms with Gasteiger partial charge in [0.05, 0.1) is 13.2 Å². The molecule has 1 unspecified atom stereocenters. The molecule has 1 aromatic rings. The summed E-state index contributed by atoms with van der Waals surface area (Å²) in [5, 5.41) is 0. The quantitative estimate of drug-likeness (QED) is 0.630. The van der Waals surface area contributed by atoms with Crippen molar-refractivity contribution in [2.45, 2.75) is 26.8 Å². The molecular formula is C16H29N3O2. The van der Waals surface area contributed by atoms with Crippen molar-refractivity contribution in [2.75, 3.05) is 46.1 Å². The number of nitrogens with zero attached hydrogens (tertiary/aromatic N) is 2. The highest BCUT2D eigenvalue weighted by molar-refractivity contribution is 5.25. The Labute approximate surface area is 128 Å². The number of rotatable bonds is 11. The summed E-state index contributed by atoms with van der Waals surface area (Å²) >= 11 is 0. The third kappa shape index (κ3) is 6.09. The minimum Gasteiger partial charge on any atom is -0.380 e. The van der Waals surface area contributed by atoms with Crippen molar-refractivity contribution in [2.24, 2.45) is 5.73 Å². The van der Waals surface area contributed by atoms with E-state index >= 15 is 0 Å². The van der Waals surface area contributed by atoms with Crippen molar-refractivity contribution in [1.29, 1.82) is 0 Å². The fourth-order valence-corrected chi connectivity index (χ4v) is 2.37. The highest BCUT2D eigenvalue weighted by atomic mass is 16.5. The average Bonchev–Trinajstić information content (AvgIpc) is 2.49. The van der Waals surface area contributed by atoms with Crippen molar-refractivity contribution in [3.8, 4) is 0 Å². The molecule has 120 valence electrons. The molecule has 1 aromatic heterocycles. The molecule has 0 aromatic carbocycles. The van der Waals surface area contributed by atoms with Crippen LogP contribution in [0.25, 0.3) is 0 Å². The van der Waals surface area contributed by atoms with Crippen LogP contribution in [0.5, 0.6) is 0 Å². The normalized spacial score (nSPS) is 12.8. The second kappa shape index (κ2) is 10.7. The Morgan fingerprint density at radius 3 is 2.29 bits per heavy atom. The lowest BCUT2D eigenvalue weighted by Crippen LogP contribution is -2.38. The van der Waals surface area contributed by atoms with Gasteiger partial charge in [-0.1, -0.05) is 0 Å². The third-order valence-corrected chi connectivity index (χ3v) is 3.56. The number of pyridine rings is 1. The maximum Gasteiger partial charge on any atom is 0.0593 e. The molecule has 1 atom stereocenters. The lowest BCUT2D eigenvalue weighted by Gasteiger charge is -2.31. The van der Waals surface area contributed by atoms with Gasteiger partial charge in [0.25, 0.3) is 0 Å². The van der Waals surface area contributed by atoms with E-state index in [0.717, 1.165) is 26.3 Å². The first-order valence-corrected chi connectivity index (χ1v) is 7.74. The lowest BCUT2D eigenvalue weighted by atomic mass is 10.0. The number of hydrogen-bond acceptors (Lipinski definition) is 5. The molecule has 0 radical (unpaired) electrons. The van der Waals surface area contributed by atoms with Crippen LogP contribution in [0.2, 0.25) is 0 Å². The minimum absolute atomic E-state index is 0.152. The van der Waals surface area contributed by atoms with Gasteiger partial charge in [0, 0.05) is 51.3 Å². The van der Waals surface area contributed by atoms with Gasteiger partial charge in [-0.25, -0.2) is 0 Å². The van der Waals surface area contributed by atoms with Crippen LogP contribution < -0.4 is 5.73 Å². The van der Waals surface area contributed by atoms with Gasteiger partial charge in [-0.15, -0.1) is 0 Å². The molecule has 0 aliphatic heterocycles. The summed E-state index contributed by atoms with van der Waals surface area (Å²) in [6.45, 7) is 11.3. The summed E-state index contributed by atoms with van der Waals surface area (Å²) < 4.78 is 11.0. The molecule has 0 amide bonds. The number of hydrogen-bond donors (Lipinski definition) is 1. The Kier molecular flexibility index (Phi) is 9.17. The van der Waals surface area contributed by atoms with Crippen molar-refractivity contribution in [1.82, 2.24) is 9.88 Å². The standard InChI is InChI=1S/C16H29N3O2/c1-4-20-10-8-19(9-11-21-5-2)16(12-17)15-13-18-7-6-14(15)3/h6-7,13,16H,4-5,8-12,17H2,1-3H3. The van der Waals surface area contributed by atoms with Gasteiger partial charge in [-0.2, -0.15) is 0 Å². The molecule has 1 heterocycles. The van der Waals surface area contributed by atoms with E-state index in [1.54, 1.807) is 0 Å². The Bertz CT molecular complexity index is 378. The van der Waals surface area contributed by atoms with E-state index in [-0.39, 0.29) is 6.04 Å². The molecule has 21 heavy (non-hydrogen) atoms. The summed E-state index contributed by atoms with van der Waals surface area (Å²) in [5.74, 6) is 0. The monoisotopic (exact) mass is 295 g/mol. The SMILES string of the molecule is CCOCCN(CCOCC)C(CN)c1cnccc1C. The van der Waals surface area contributed by atoms with Gasteiger partial charge in [0.15, 0.2) is 0 Å². The van der Waals surface area contributed by atoms with Crippen LogP contribution in [0.15, 0.2) is 18.5 Å². The fraction of sp³-hybridized carbons (Fsp3) is 0.688. The molecule has 0 aliphatic carbocycles. The average molecular weight is 295 g/mol. The van der Waals surface area contributed by atoms with Gasteiger partial charge in [0.1, 0.15) is 0 Å². The zero-order valence-corrected chi connectivity index (χ0v) is 13.5. The Morgan fingerprint density at radius 1 is 1.19 bits per heavy atom. The second-order valence-electron chi connectivity index (χ2n) is 4.91. The molecular weight excluding hydrogens is 266 g/mol. The zero-order chi connectivity index (χ0) is 15.5. The van der Waals surface area contributed by atoms with Gasteiger partial charge < -0.3 is 15.2 Å². The molecule has 0 bridgehead atoms. The first-order chi connectivity index (χ1) is 10.2. The molecule has 0 fully saturated rings. The first kappa shape index (κ1) is 18.0. The van der Waals surface area contributed by atoms with Crippen LogP contribution in [-0.2, 0) is 9.47 Å². The molecule has 5 heteroatoms. The molecule has 0 saturated heterocycles. The number of aromatic nitrogens is 1. The molecule has 2 N–H and O–H groups in total. The smallest absolute Gasteiger partial charge is 0.0593 e. The molecule has 0 spiro atoms. The van der Waals surface area contributed by atoms with E-state index in [1.165, 1.54) is 11.1 Å². The van der Waals surface area contributed by atoms with Crippen molar-refractivity contribution in [3.05, 3.63) is 29.6 Å². The highest BCUT2D eigenvalue weighted by Gasteiger charge is 2.20. The summed E-state index contributed by atoms with van der Waals surface area (Å²) in [6.07, 6.45) is 3.73. The van der Waals surface area contributed by atoms with E-state index < -0.39 is 0 Å². The predicted molar refractivity (Wildman–Crippen MR) is 85.3 cm³/mol. The maximum atomic E-state index is 6.03. The summed E-state index contributed by atoms with van der Waals surface area (Å²) in [4.78, 5) is 6.57. The summed E-state index contributed by atoms with van der Waals surface area (Å²) in [5.41, 5.74) is 8.44. The third-order valence-electron chi connectivity index (χ3n) is 3.56. The summed E-state index contributed by atoms with van der Waals surface area (Å²) in [6, 6.07) is 2.18. The summed E-state index contributed by atoms with van der Waals surface area (Å²) in [7, 11) is 0. The van der Waals surface area contributed by atoms with Crippen LogP contribution in [0.4, 0.5) is 0 Å². The first-order valence-electron chi connectivity index (χ1n) is 7.74. The van der Waals surface area contributed by atoms with E-state index in [9.17, 15) is 0 Å². The maximum absolute atomic E-state index is 6.03. The largest absolute Gasteiger partial charge is 0.380 e. The zero-order valence-electron chi connectivity index (χ0n) is 13.5. The topological polar surface area (TPSA) is 60.6 Å². The van der Waals surface area contributed by atoms with Crippen molar-refractivity contribution >= 4 is 0 Å². The predicted octanol–water partition coefficient (Wildman–Crippen LogP) is 1.76. The Balaban J connectivity index is 2.78. The van der Waals surface area contributed by atoms with E-state index in [2.05, 4.69) is 16.8 Å². The van der Waals surface area contributed by atoms with E-state index in [1.807, 2.05) is 32.3 Å². The van der Waals surface area contributed by atoms with Crippen molar-refractivity contribution < 1.29 is 9.47 Å². The number of aryl methyl sites for hydroxylation is 1. The van der Waals surface area contributed by atoms with Crippen LogP contribution in [0.3, 0.4) is 0 Å². The second-order valence-corrected chi connectivity index (χ2v) is 4.91. The molecule has 1 rings (SSSR count). The van der Waals surface area contributed by atoms with E-state index in [4.69, 9.17) is 15.2 Å². The van der Waals surface area contributed by atoms with Crippen LogP contribution in [0.1, 0.15) is 31.0 Å². The van der Waals surface area contributed by atoms with E-state index in [0.29, 0.717) is 19.8 Å².